The number of H-pyrrole nitrogens is 1. The van der Waals surface area contributed by atoms with Crippen LogP contribution in [0.15, 0.2) is 30.3 Å². The highest BCUT2D eigenvalue weighted by atomic mass is 16.2. The lowest BCUT2D eigenvalue weighted by atomic mass is 9.93. The van der Waals surface area contributed by atoms with Crippen LogP contribution < -0.4 is 0 Å². The van der Waals surface area contributed by atoms with E-state index < -0.39 is 0 Å². The van der Waals surface area contributed by atoms with Gasteiger partial charge < -0.3 is 14.8 Å². The molecule has 2 fully saturated rings. The van der Waals surface area contributed by atoms with Crippen molar-refractivity contribution in [3.05, 3.63) is 36.0 Å². The number of rotatable bonds is 1. The second-order valence-electron chi connectivity index (χ2n) is 6.43. The molecule has 21 heavy (non-hydrogen) atoms. The van der Waals surface area contributed by atoms with E-state index in [1.54, 1.807) is 0 Å². The summed E-state index contributed by atoms with van der Waals surface area (Å²) in [6.07, 6.45) is 2.51. The molecule has 4 nitrogen and oxygen atoms in total. The van der Waals surface area contributed by atoms with Crippen LogP contribution in [0.5, 0.6) is 0 Å². The van der Waals surface area contributed by atoms with E-state index in [1.165, 1.54) is 12.8 Å². The zero-order valence-electron chi connectivity index (χ0n) is 12.4. The first-order valence-corrected chi connectivity index (χ1v) is 7.79. The largest absolute Gasteiger partial charge is 0.351 e. The molecule has 0 unspecified atom stereocenters. The Balaban J connectivity index is 1.57. The molecule has 0 saturated carbocycles. The number of likely N-dealkylation sites (tertiary alicyclic amines) is 2. The number of aromatic nitrogens is 1. The lowest BCUT2D eigenvalue weighted by Gasteiger charge is -2.33. The number of benzene rings is 1. The maximum atomic E-state index is 12.7. The van der Waals surface area contributed by atoms with Crippen LogP contribution in [-0.4, -0.2) is 53.4 Å². The van der Waals surface area contributed by atoms with E-state index in [4.69, 9.17) is 0 Å². The van der Waals surface area contributed by atoms with Crippen LogP contribution in [0.1, 0.15) is 23.3 Å². The Bertz CT molecular complexity index is 644. The fraction of sp³-hybridized carbons (Fsp3) is 0.471. The number of fused-ring (bicyclic) bond motifs is 2. The maximum Gasteiger partial charge on any atom is 0.270 e. The molecule has 0 spiro atoms. The summed E-state index contributed by atoms with van der Waals surface area (Å²) in [6.45, 7) is 2.94. The summed E-state index contributed by atoms with van der Waals surface area (Å²) in [4.78, 5) is 20.5. The third-order valence-corrected chi connectivity index (χ3v) is 5.11. The molecule has 0 aliphatic carbocycles. The van der Waals surface area contributed by atoms with Crippen molar-refractivity contribution in [2.24, 2.45) is 5.92 Å². The van der Waals surface area contributed by atoms with Gasteiger partial charge in [-0.3, -0.25) is 4.79 Å². The summed E-state index contributed by atoms with van der Waals surface area (Å²) in [5.74, 6) is 0.797. The third kappa shape index (κ3) is 2.14. The van der Waals surface area contributed by atoms with Crippen LogP contribution in [0.2, 0.25) is 0 Å². The Kier molecular flexibility index (Phi) is 3.00. The van der Waals surface area contributed by atoms with Gasteiger partial charge >= 0.3 is 0 Å². The molecule has 2 saturated heterocycles. The van der Waals surface area contributed by atoms with Crippen LogP contribution >= 0.6 is 0 Å². The molecule has 0 bridgehead atoms. The van der Waals surface area contributed by atoms with Crippen molar-refractivity contribution in [1.82, 2.24) is 14.8 Å². The number of nitrogens with zero attached hydrogens (tertiary/aromatic N) is 2. The quantitative estimate of drug-likeness (QED) is 0.872. The van der Waals surface area contributed by atoms with Gasteiger partial charge in [0.25, 0.3) is 5.91 Å². The number of aromatic amines is 1. The van der Waals surface area contributed by atoms with Gasteiger partial charge in [-0.1, -0.05) is 18.2 Å². The highest BCUT2D eigenvalue weighted by molar-refractivity contribution is 5.98. The van der Waals surface area contributed by atoms with Crippen molar-refractivity contribution >= 4 is 16.8 Å². The Morgan fingerprint density at radius 1 is 1.29 bits per heavy atom. The third-order valence-electron chi connectivity index (χ3n) is 5.11. The average Bonchev–Trinajstić information content (AvgIpc) is 3.11. The van der Waals surface area contributed by atoms with Gasteiger partial charge in [0.05, 0.1) is 0 Å². The second-order valence-corrected chi connectivity index (χ2v) is 6.43. The highest BCUT2D eigenvalue weighted by Gasteiger charge is 2.39. The SMILES string of the molecule is CN1CCC[C@H]2CN(C(=O)c3cc4ccccc4[nH]3)C[C@H]21. The van der Waals surface area contributed by atoms with Crippen LogP contribution in [-0.2, 0) is 0 Å². The first-order chi connectivity index (χ1) is 10.2. The summed E-state index contributed by atoms with van der Waals surface area (Å²) >= 11 is 0. The molecule has 1 N–H and O–H groups in total. The number of hydrogen-bond acceptors (Lipinski definition) is 2. The van der Waals surface area contributed by atoms with Gasteiger partial charge in [0.1, 0.15) is 5.69 Å². The predicted octanol–water partition coefficient (Wildman–Crippen LogP) is 2.33. The molecule has 2 aliphatic heterocycles. The van der Waals surface area contributed by atoms with E-state index in [1.807, 2.05) is 35.2 Å². The standard InChI is InChI=1S/C17H21N3O/c1-19-8-4-6-13-10-20(11-16(13)19)17(21)15-9-12-5-2-3-7-14(12)18-15/h2-3,5,7,9,13,16,18H,4,6,8,10-11H2,1H3/t13-,16+/m0/s1. The van der Waals surface area contributed by atoms with E-state index in [9.17, 15) is 4.79 Å². The van der Waals surface area contributed by atoms with Crippen LogP contribution in [0, 0.1) is 5.92 Å². The zero-order chi connectivity index (χ0) is 14.4. The average molecular weight is 283 g/mol. The molecular formula is C17H21N3O. The number of nitrogens with one attached hydrogen (secondary N) is 1. The van der Waals surface area contributed by atoms with E-state index in [0.29, 0.717) is 12.0 Å². The highest BCUT2D eigenvalue weighted by Crippen LogP contribution is 2.30. The molecular weight excluding hydrogens is 262 g/mol. The molecule has 110 valence electrons. The first kappa shape index (κ1) is 12.9. The number of hydrogen-bond donors (Lipinski definition) is 1. The minimum Gasteiger partial charge on any atom is -0.351 e. The van der Waals surface area contributed by atoms with Crippen molar-refractivity contribution in [3.63, 3.8) is 0 Å². The van der Waals surface area contributed by atoms with E-state index in [2.05, 4.69) is 16.9 Å². The van der Waals surface area contributed by atoms with Gasteiger partial charge in [0.2, 0.25) is 0 Å². The predicted molar refractivity (Wildman–Crippen MR) is 83.3 cm³/mol. The lowest BCUT2D eigenvalue weighted by molar-refractivity contribution is 0.0776. The molecule has 1 aromatic heterocycles. The molecule has 1 amide bonds. The van der Waals surface area contributed by atoms with Crippen LogP contribution in [0.3, 0.4) is 0 Å². The number of likely N-dealkylation sites (N-methyl/N-ethyl adjacent to an activating group) is 1. The Morgan fingerprint density at radius 2 is 2.14 bits per heavy atom. The normalized spacial score (nSPS) is 26.2. The van der Waals surface area contributed by atoms with Gasteiger partial charge in [-0.15, -0.1) is 0 Å². The lowest BCUT2D eigenvalue weighted by Crippen LogP contribution is -2.42. The van der Waals surface area contributed by atoms with E-state index in [0.717, 1.165) is 36.2 Å². The van der Waals surface area contributed by atoms with Gasteiger partial charge in [-0.25, -0.2) is 0 Å². The van der Waals surface area contributed by atoms with Gasteiger partial charge in [0.15, 0.2) is 0 Å². The van der Waals surface area contributed by atoms with Crippen molar-refractivity contribution in [3.8, 4) is 0 Å². The molecule has 2 atom stereocenters. The van der Waals surface area contributed by atoms with Crippen LogP contribution in [0.25, 0.3) is 10.9 Å². The second kappa shape index (κ2) is 4.88. The monoisotopic (exact) mass is 283 g/mol. The molecule has 4 heteroatoms. The van der Waals surface area contributed by atoms with Gasteiger partial charge in [-0.2, -0.15) is 0 Å². The zero-order valence-corrected chi connectivity index (χ0v) is 12.4. The topological polar surface area (TPSA) is 39.3 Å². The van der Waals surface area contributed by atoms with Gasteiger partial charge in [-0.05, 0) is 44.5 Å². The minimum atomic E-state index is 0.147. The number of carbonyl (C=O) groups excluding carboxylic acids is 1. The summed E-state index contributed by atoms with van der Waals surface area (Å²) in [5.41, 5.74) is 1.76. The van der Waals surface area contributed by atoms with Gasteiger partial charge in [0, 0.05) is 30.0 Å². The smallest absolute Gasteiger partial charge is 0.270 e. The first-order valence-electron chi connectivity index (χ1n) is 7.79. The molecule has 4 rings (SSSR count). The summed E-state index contributed by atoms with van der Waals surface area (Å²) in [6, 6.07) is 10.6. The Morgan fingerprint density at radius 3 is 2.95 bits per heavy atom. The van der Waals surface area contributed by atoms with E-state index >= 15 is 0 Å². The maximum absolute atomic E-state index is 12.7. The molecule has 3 heterocycles. The number of piperidine rings is 1. The molecule has 2 aliphatic rings. The fourth-order valence-electron chi connectivity index (χ4n) is 3.93. The van der Waals surface area contributed by atoms with Crippen LogP contribution in [0.4, 0.5) is 0 Å². The van der Waals surface area contributed by atoms with Crippen molar-refractivity contribution < 1.29 is 4.79 Å². The van der Waals surface area contributed by atoms with Crippen molar-refractivity contribution in [2.45, 2.75) is 18.9 Å². The Hall–Kier alpha value is -1.81. The molecule has 2 aromatic rings. The van der Waals surface area contributed by atoms with E-state index in [-0.39, 0.29) is 5.91 Å². The Labute approximate surface area is 124 Å². The van der Waals surface area contributed by atoms with Crippen molar-refractivity contribution in [2.75, 3.05) is 26.7 Å². The summed E-state index contributed by atoms with van der Waals surface area (Å²) < 4.78 is 0. The number of carbonyl (C=O) groups is 1. The number of amides is 1. The summed E-state index contributed by atoms with van der Waals surface area (Å²) in [5, 5.41) is 1.11. The number of para-hydroxylation sites is 1. The molecule has 1 aromatic carbocycles. The fourth-order valence-corrected chi connectivity index (χ4v) is 3.93. The minimum absolute atomic E-state index is 0.147. The van der Waals surface area contributed by atoms with Crippen molar-refractivity contribution in [1.29, 1.82) is 0 Å². The molecule has 0 radical (unpaired) electrons. The summed E-state index contributed by atoms with van der Waals surface area (Å²) in [7, 11) is 2.19.